The Kier molecular flexibility index (Phi) is 6.47. The van der Waals surface area contributed by atoms with E-state index in [-0.39, 0.29) is 49.8 Å². The van der Waals surface area contributed by atoms with E-state index in [1.807, 2.05) is 62.5 Å². The van der Waals surface area contributed by atoms with Gasteiger partial charge in [0.15, 0.2) is 0 Å². The molecule has 0 atom stereocenters. The summed E-state index contributed by atoms with van der Waals surface area (Å²) in [5.74, 6) is 0. The molecule has 1 radical (unpaired) electrons. The molecule has 4 heterocycles. The standard InChI is InChI=1S/C30H19N2.C12H10N.Ir/c1-19-16-27(31-18-26(19)20-8-3-2-4-9-20)21-14-15-29-25(17-21)24-12-7-11-23-22-10-5-6-13-28(22)32(29)30(23)24;1-10-7-8-12(13-9-10)11-5-3-2-4-6-11;/h2-13,15-18H,1H3;2-5,7-9H,1H3;/q2*-1;/i2D,3D,4D,8D,9D;;. The van der Waals surface area contributed by atoms with E-state index in [1.54, 1.807) is 6.20 Å². The molecule has 0 spiro atoms. The molecule has 0 fully saturated rings. The van der Waals surface area contributed by atoms with Crippen molar-refractivity contribution in [1.82, 2.24) is 14.4 Å². The first-order chi connectivity index (χ1) is 24.2. The number of aromatic nitrogens is 3. The molecular weight excluding hydrogens is 739 g/mol. The summed E-state index contributed by atoms with van der Waals surface area (Å²) in [7, 11) is 0. The number of nitrogens with zero attached hydrogens (tertiary/aromatic N) is 3. The minimum Gasteiger partial charge on any atom is -0.350 e. The Morgan fingerprint density at radius 1 is 0.652 bits per heavy atom. The van der Waals surface area contributed by atoms with Crippen LogP contribution in [-0.4, -0.2) is 14.4 Å². The van der Waals surface area contributed by atoms with E-state index < -0.39 is 6.04 Å². The molecule has 4 aromatic heterocycles. The predicted molar refractivity (Wildman–Crippen MR) is 187 cm³/mol. The Morgan fingerprint density at radius 2 is 1.41 bits per heavy atom. The molecule has 0 amide bonds. The minimum atomic E-state index is -0.401. The van der Waals surface area contributed by atoms with Gasteiger partial charge < -0.3 is 14.4 Å². The largest absolute Gasteiger partial charge is 0.350 e. The van der Waals surface area contributed by atoms with E-state index >= 15 is 0 Å². The van der Waals surface area contributed by atoms with Crippen LogP contribution >= 0.6 is 0 Å². The summed E-state index contributed by atoms with van der Waals surface area (Å²) >= 11 is 0. The van der Waals surface area contributed by atoms with Crippen LogP contribution in [0.1, 0.15) is 18.0 Å². The van der Waals surface area contributed by atoms with Gasteiger partial charge in [-0.25, -0.2) is 0 Å². The first-order valence-electron chi connectivity index (χ1n) is 17.3. The fourth-order valence-corrected chi connectivity index (χ4v) is 6.05. The number of hydrogen-bond acceptors (Lipinski definition) is 2. The summed E-state index contributed by atoms with van der Waals surface area (Å²) in [6.07, 6.45) is 3.47. The third-order valence-electron chi connectivity index (χ3n) is 8.21. The smallest absolute Gasteiger partial charge is 0.0629 e. The van der Waals surface area contributed by atoms with E-state index in [9.17, 15) is 0 Å². The van der Waals surface area contributed by atoms with Crippen LogP contribution in [0.15, 0.2) is 140 Å². The normalized spacial score (nSPS) is 12.6. The quantitative estimate of drug-likeness (QED) is 0.168. The van der Waals surface area contributed by atoms with E-state index in [2.05, 4.69) is 81.1 Å². The van der Waals surface area contributed by atoms with Crippen LogP contribution < -0.4 is 0 Å². The van der Waals surface area contributed by atoms with Gasteiger partial charge in [-0.05, 0) is 58.9 Å². The SMILES string of the molecule is Cc1ccc(-c2[c-]cccc2)nc1.[2H]c1c([2H])c([2H])c(-c2cnc(-c3[c-]cc4c(c3)c3cccc5c6ccccc6n4c35)cc2C)c([2H])c1[2H].[Ir]. The first kappa shape index (κ1) is 24.1. The van der Waals surface area contributed by atoms with Crippen LogP contribution in [0.5, 0.6) is 0 Å². The Morgan fingerprint density at radius 3 is 2.17 bits per heavy atom. The van der Waals surface area contributed by atoms with Gasteiger partial charge in [0.25, 0.3) is 0 Å². The fourth-order valence-electron chi connectivity index (χ4n) is 6.05. The molecule has 0 bridgehead atoms. The van der Waals surface area contributed by atoms with Gasteiger partial charge in [0.2, 0.25) is 0 Å². The van der Waals surface area contributed by atoms with Crippen molar-refractivity contribution in [3.63, 3.8) is 0 Å². The molecule has 4 heteroatoms. The van der Waals surface area contributed by atoms with Crippen LogP contribution in [-0.2, 0) is 20.1 Å². The van der Waals surface area contributed by atoms with Crippen molar-refractivity contribution in [2.24, 2.45) is 0 Å². The molecule has 0 aliphatic carbocycles. The van der Waals surface area contributed by atoms with Gasteiger partial charge in [-0.2, -0.15) is 0 Å². The van der Waals surface area contributed by atoms with E-state index in [0.717, 1.165) is 33.3 Å². The van der Waals surface area contributed by atoms with Gasteiger partial charge >= 0.3 is 0 Å². The molecule has 0 aliphatic heterocycles. The zero-order valence-corrected chi connectivity index (χ0v) is 27.5. The van der Waals surface area contributed by atoms with E-state index in [0.29, 0.717) is 11.3 Å². The van der Waals surface area contributed by atoms with Crippen molar-refractivity contribution in [2.45, 2.75) is 13.8 Å². The molecule has 0 aliphatic rings. The van der Waals surface area contributed by atoms with Crippen LogP contribution in [0.25, 0.3) is 71.7 Å². The number of rotatable bonds is 3. The average Bonchev–Trinajstić information content (AvgIpc) is 3.67. The number of fused-ring (bicyclic) bond motifs is 6. The van der Waals surface area contributed by atoms with Gasteiger partial charge in [-0.3, -0.25) is 0 Å². The third-order valence-corrected chi connectivity index (χ3v) is 8.21. The Bertz CT molecular complexity index is 2700. The minimum absolute atomic E-state index is 0. The van der Waals surface area contributed by atoms with Gasteiger partial charge in [-0.1, -0.05) is 90.2 Å². The number of pyridine rings is 2. The van der Waals surface area contributed by atoms with Crippen molar-refractivity contribution in [3.8, 4) is 33.6 Å². The summed E-state index contributed by atoms with van der Waals surface area (Å²) in [6, 6.07) is 37.8. The monoisotopic (exact) mass is 773 g/mol. The second kappa shape index (κ2) is 12.3. The Labute approximate surface area is 288 Å². The topological polar surface area (TPSA) is 30.2 Å². The number of benzene rings is 5. The van der Waals surface area contributed by atoms with Crippen molar-refractivity contribution in [3.05, 3.63) is 163 Å². The van der Waals surface area contributed by atoms with Crippen molar-refractivity contribution in [1.29, 1.82) is 0 Å². The fraction of sp³-hybridized carbons (Fsp3) is 0.0476. The molecule has 9 aromatic rings. The average molecular weight is 773 g/mol. The molecule has 5 aromatic carbocycles. The number of hydrogen-bond donors (Lipinski definition) is 0. The maximum atomic E-state index is 8.32. The maximum absolute atomic E-state index is 8.32. The molecule has 0 N–H and O–H groups in total. The van der Waals surface area contributed by atoms with E-state index in [1.165, 1.54) is 32.8 Å². The Hall–Kier alpha value is -5.15. The molecule has 9 rings (SSSR count). The van der Waals surface area contributed by atoms with E-state index in [4.69, 9.17) is 6.85 Å². The molecule has 3 nitrogen and oxygen atoms in total. The third kappa shape index (κ3) is 5.16. The molecule has 223 valence electrons. The van der Waals surface area contributed by atoms with Crippen LogP contribution in [0.2, 0.25) is 0 Å². The Balaban J connectivity index is 0.000000245. The zero-order valence-electron chi connectivity index (χ0n) is 30.1. The van der Waals surface area contributed by atoms with Crippen molar-refractivity contribution < 1.29 is 27.0 Å². The van der Waals surface area contributed by atoms with Gasteiger partial charge in [0.05, 0.1) is 12.4 Å². The second-order valence-electron chi connectivity index (χ2n) is 11.1. The second-order valence-corrected chi connectivity index (χ2v) is 11.1. The van der Waals surface area contributed by atoms with Gasteiger partial charge in [0.1, 0.15) is 0 Å². The van der Waals surface area contributed by atoms with Crippen molar-refractivity contribution >= 4 is 38.1 Å². The summed E-state index contributed by atoms with van der Waals surface area (Å²) < 4.78 is 42.8. The molecule has 46 heavy (non-hydrogen) atoms. The molecule has 0 unspecified atom stereocenters. The van der Waals surface area contributed by atoms with Gasteiger partial charge in [-0.15, -0.1) is 59.7 Å². The molecule has 0 saturated carbocycles. The first-order valence-corrected chi connectivity index (χ1v) is 14.8. The van der Waals surface area contributed by atoms with Crippen molar-refractivity contribution in [2.75, 3.05) is 0 Å². The van der Waals surface area contributed by atoms with Crippen LogP contribution in [0.4, 0.5) is 0 Å². The summed E-state index contributed by atoms with van der Waals surface area (Å²) in [5.41, 5.74) is 9.67. The zero-order chi connectivity index (χ0) is 34.7. The van der Waals surface area contributed by atoms with Gasteiger partial charge in [0, 0.05) is 54.4 Å². The summed E-state index contributed by atoms with van der Waals surface area (Å²) in [5, 5.41) is 4.75. The number of aryl methyl sites for hydroxylation is 2. The molecule has 0 saturated heterocycles. The summed E-state index contributed by atoms with van der Waals surface area (Å²) in [6.45, 7) is 3.90. The predicted octanol–water partition coefficient (Wildman–Crippen LogP) is 10.5. The van der Waals surface area contributed by atoms with Crippen LogP contribution in [0, 0.1) is 26.0 Å². The molecular formula is C42H29IrN3-2. The number of para-hydroxylation sites is 2. The maximum Gasteiger partial charge on any atom is 0.0629 e. The summed E-state index contributed by atoms with van der Waals surface area (Å²) in [4.78, 5) is 8.95. The van der Waals surface area contributed by atoms with Crippen LogP contribution in [0.3, 0.4) is 0 Å².